The van der Waals surface area contributed by atoms with Crippen LogP contribution in [-0.2, 0) is 9.53 Å². The molecule has 1 aromatic heterocycles. The van der Waals surface area contributed by atoms with E-state index in [0.29, 0.717) is 24.2 Å². The third kappa shape index (κ3) is 5.34. The lowest BCUT2D eigenvalue weighted by Crippen LogP contribution is -2.25. The molecule has 0 fully saturated rings. The summed E-state index contributed by atoms with van der Waals surface area (Å²) in [6, 6.07) is 1.73. The number of carbonyl (C=O) groups excluding carboxylic acids is 2. The Kier molecular flexibility index (Phi) is 6.63. The Morgan fingerprint density at radius 1 is 1.20 bits per heavy atom. The van der Waals surface area contributed by atoms with Crippen molar-refractivity contribution in [1.29, 1.82) is 0 Å². The first-order valence-electron chi connectivity index (χ1n) is 6.70. The van der Waals surface area contributed by atoms with Gasteiger partial charge in [-0.25, -0.2) is 0 Å². The molecular weight excluding hydrogens is 258 g/mol. The van der Waals surface area contributed by atoms with E-state index < -0.39 is 0 Å². The van der Waals surface area contributed by atoms with Crippen LogP contribution in [0.3, 0.4) is 0 Å². The van der Waals surface area contributed by atoms with E-state index in [1.807, 2.05) is 0 Å². The molecule has 0 atom stereocenters. The number of aryl methyl sites for hydroxylation is 2. The molecule has 110 valence electrons. The van der Waals surface area contributed by atoms with E-state index in [9.17, 15) is 9.59 Å². The second-order valence-corrected chi connectivity index (χ2v) is 4.63. The first kappa shape index (κ1) is 16.1. The van der Waals surface area contributed by atoms with Crippen LogP contribution in [0.2, 0.25) is 0 Å². The molecule has 0 aliphatic rings. The molecule has 0 aliphatic heterocycles. The quantitative estimate of drug-likeness (QED) is 0.605. The number of amides is 1. The molecule has 20 heavy (non-hydrogen) atoms. The number of esters is 1. The highest BCUT2D eigenvalue weighted by Crippen LogP contribution is 2.05. The summed E-state index contributed by atoms with van der Waals surface area (Å²) in [4.78, 5) is 22.9. The Bertz CT molecular complexity index is 475. The van der Waals surface area contributed by atoms with Crippen LogP contribution < -0.4 is 5.32 Å². The van der Waals surface area contributed by atoms with Gasteiger partial charge in [0.25, 0.3) is 5.91 Å². The molecule has 1 rings (SSSR count). The minimum Gasteiger partial charge on any atom is -0.469 e. The van der Waals surface area contributed by atoms with Crippen LogP contribution in [0.1, 0.15) is 47.4 Å². The van der Waals surface area contributed by atoms with E-state index in [1.165, 1.54) is 7.11 Å². The van der Waals surface area contributed by atoms with Crippen molar-refractivity contribution in [3.8, 4) is 0 Å². The van der Waals surface area contributed by atoms with Crippen molar-refractivity contribution in [2.24, 2.45) is 0 Å². The normalized spacial score (nSPS) is 10.2. The molecule has 0 radical (unpaired) electrons. The Labute approximate surface area is 118 Å². The number of methoxy groups -OCH3 is 1. The van der Waals surface area contributed by atoms with Gasteiger partial charge in [-0.1, -0.05) is 6.42 Å². The Morgan fingerprint density at radius 3 is 2.65 bits per heavy atom. The van der Waals surface area contributed by atoms with Crippen LogP contribution >= 0.6 is 0 Å². The van der Waals surface area contributed by atoms with Gasteiger partial charge in [-0.2, -0.15) is 10.2 Å². The minimum atomic E-state index is -0.192. The molecule has 0 unspecified atom stereocenters. The van der Waals surface area contributed by atoms with Gasteiger partial charge >= 0.3 is 5.97 Å². The van der Waals surface area contributed by atoms with Crippen LogP contribution in [-0.4, -0.2) is 35.7 Å². The van der Waals surface area contributed by atoms with Gasteiger partial charge in [-0.05, 0) is 32.8 Å². The highest BCUT2D eigenvalue weighted by atomic mass is 16.5. The summed E-state index contributed by atoms with van der Waals surface area (Å²) in [5.41, 5.74) is 1.91. The van der Waals surface area contributed by atoms with Gasteiger partial charge in [-0.15, -0.1) is 0 Å². The fraction of sp³-hybridized carbons (Fsp3) is 0.571. The fourth-order valence-corrected chi connectivity index (χ4v) is 1.75. The maximum atomic E-state index is 12.0. The molecular formula is C14H21N3O3. The van der Waals surface area contributed by atoms with Crippen molar-refractivity contribution < 1.29 is 14.3 Å². The van der Waals surface area contributed by atoms with Gasteiger partial charge in [0.1, 0.15) is 0 Å². The van der Waals surface area contributed by atoms with Crippen molar-refractivity contribution in [3.63, 3.8) is 0 Å². The van der Waals surface area contributed by atoms with Gasteiger partial charge < -0.3 is 10.1 Å². The van der Waals surface area contributed by atoms with Gasteiger partial charge in [0.2, 0.25) is 0 Å². The summed E-state index contributed by atoms with van der Waals surface area (Å²) in [5, 5.41) is 10.7. The van der Waals surface area contributed by atoms with Gasteiger partial charge in [0.05, 0.1) is 24.1 Å². The summed E-state index contributed by atoms with van der Waals surface area (Å²) in [7, 11) is 1.38. The highest BCUT2D eigenvalue weighted by molar-refractivity contribution is 5.95. The number of rotatable bonds is 7. The van der Waals surface area contributed by atoms with Crippen LogP contribution in [0.25, 0.3) is 0 Å². The molecule has 0 aromatic carbocycles. The zero-order valence-corrected chi connectivity index (χ0v) is 12.2. The van der Waals surface area contributed by atoms with Crippen LogP contribution in [0.4, 0.5) is 0 Å². The maximum absolute atomic E-state index is 12.0. The van der Waals surface area contributed by atoms with E-state index in [-0.39, 0.29) is 11.9 Å². The summed E-state index contributed by atoms with van der Waals surface area (Å²) >= 11 is 0. The number of nitrogens with one attached hydrogen (secondary N) is 1. The van der Waals surface area contributed by atoms with Gasteiger partial charge in [0, 0.05) is 13.0 Å². The van der Waals surface area contributed by atoms with E-state index in [2.05, 4.69) is 20.3 Å². The molecule has 1 heterocycles. The number of hydrogen-bond donors (Lipinski definition) is 1. The molecule has 1 aromatic rings. The molecule has 1 amide bonds. The Balaban J connectivity index is 2.27. The number of nitrogens with zero attached hydrogens (tertiary/aromatic N) is 2. The zero-order chi connectivity index (χ0) is 15.0. The first-order chi connectivity index (χ1) is 9.54. The minimum absolute atomic E-state index is 0.131. The number of unbranched alkanes of at least 4 members (excludes halogenated alkanes) is 2. The second-order valence-electron chi connectivity index (χ2n) is 4.63. The van der Waals surface area contributed by atoms with Crippen molar-refractivity contribution in [2.45, 2.75) is 39.5 Å². The first-order valence-corrected chi connectivity index (χ1v) is 6.70. The maximum Gasteiger partial charge on any atom is 0.305 e. The van der Waals surface area contributed by atoms with Crippen LogP contribution in [0.15, 0.2) is 6.07 Å². The summed E-state index contributed by atoms with van der Waals surface area (Å²) in [6.07, 6.45) is 2.91. The summed E-state index contributed by atoms with van der Waals surface area (Å²) in [6.45, 7) is 4.15. The van der Waals surface area contributed by atoms with Gasteiger partial charge in [0.15, 0.2) is 0 Å². The third-order valence-electron chi connectivity index (χ3n) is 2.92. The predicted octanol–water partition coefficient (Wildman–Crippen LogP) is 1.56. The van der Waals surface area contributed by atoms with Crippen molar-refractivity contribution >= 4 is 11.9 Å². The molecule has 0 spiro atoms. The average molecular weight is 279 g/mol. The van der Waals surface area contributed by atoms with E-state index in [1.54, 1.807) is 19.9 Å². The molecule has 6 nitrogen and oxygen atoms in total. The third-order valence-corrected chi connectivity index (χ3v) is 2.92. The van der Waals surface area contributed by atoms with E-state index in [0.717, 1.165) is 25.0 Å². The zero-order valence-electron chi connectivity index (χ0n) is 12.2. The number of hydrogen-bond acceptors (Lipinski definition) is 5. The van der Waals surface area contributed by atoms with Crippen LogP contribution in [0.5, 0.6) is 0 Å². The SMILES string of the molecule is COC(=O)CCCCCNC(=O)c1cc(C)nnc1C. The highest BCUT2D eigenvalue weighted by Gasteiger charge is 2.10. The van der Waals surface area contributed by atoms with Crippen molar-refractivity contribution in [1.82, 2.24) is 15.5 Å². The van der Waals surface area contributed by atoms with E-state index in [4.69, 9.17) is 0 Å². The predicted molar refractivity (Wildman–Crippen MR) is 74.3 cm³/mol. The second kappa shape index (κ2) is 8.24. The molecule has 0 saturated carbocycles. The topological polar surface area (TPSA) is 81.2 Å². The summed E-state index contributed by atoms with van der Waals surface area (Å²) in [5.74, 6) is -0.323. The molecule has 6 heteroatoms. The number of aromatic nitrogens is 2. The average Bonchev–Trinajstić information content (AvgIpc) is 2.44. The summed E-state index contributed by atoms with van der Waals surface area (Å²) < 4.78 is 4.56. The van der Waals surface area contributed by atoms with Crippen LogP contribution in [0, 0.1) is 13.8 Å². The number of carbonyl (C=O) groups is 2. The molecule has 0 aliphatic carbocycles. The fourth-order valence-electron chi connectivity index (χ4n) is 1.75. The molecule has 1 N–H and O–H groups in total. The molecule has 0 bridgehead atoms. The Morgan fingerprint density at radius 2 is 1.95 bits per heavy atom. The van der Waals surface area contributed by atoms with Gasteiger partial charge in [-0.3, -0.25) is 9.59 Å². The van der Waals surface area contributed by atoms with Crippen molar-refractivity contribution in [3.05, 3.63) is 23.0 Å². The van der Waals surface area contributed by atoms with E-state index >= 15 is 0 Å². The number of ether oxygens (including phenoxy) is 1. The lowest BCUT2D eigenvalue weighted by Gasteiger charge is -2.07. The van der Waals surface area contributed by atoms with Crippen molar-refractivity contribution in [2.75, 3.05) is 13.7 Å². The Hall–Kier alpha value is -1.98. The standard InChI is InChI=1S/C14H21N3O3/c1-10-9-12(11(2)17-16-10)14(19)15-8-6-4-5-7-13(18)20-3/h9H,4-8H2,1-3H3,(H,15,19). The largest absolute Gasteiger partial charge is 0.469 e. The lowest BCUT2D eigenvalue weighted by molar-refractivity contribution is -0.140. The smallest absolute Gasteiger partial charge is 0.305 e. The lowest BCUT2D eigenvalue weighted by atomic mass is 10.1. The molecule has 0 saturated heterocycles. The monoisotopic (exact) mass is 279 g/mol.